The Kier molecular flexibility index (Phi) is 6.97. The molecule has 0 aliphatic heterocycles. The Bertz CT molecular complexity index is 595. The number of benzene rings is 1. The molecule has 0 fully saturated rings. The van der Waals surface area contributed by atoms with Crippen molar-refractivity contribution < 1.29 is 4.74 Å². The molecule has 2 aromatic rings. The van der Waals surface area contributed by atoms with Gasteiger partial charge in [0.2, 0.25) is 0 Å². The Balaban J connectivity index is 1.92. The Morgan fingerprint density at radius 1 is 1.22 bits per heavy atom. The minimum Gasteiger partial charge on any atom is -0.494 e. The molecule has 0 atom stereocenters. The Hall–Kier alpha value is -2.50. The number of nitrogens with zero attached hydrogens (tertiary/aromatic N) is 3. The molecule has 1 heterocycles. The lowest BCUT2D eigenvalue weighted by molar-refractivity contribution is 0.336. The van der Waals surface area contributed by atoms with E-state index in [1.807, 2.05) is 48.1 Å². The first-order chi connectivity index (χ1) is 11.3. The summed E-state index contributed by atoms with van der Waals surface area (Å²) in [5, 5.41) is 10.8. The minimum absolute atomic E-state index is 0.577. The molecule has 1 aromatic carbocycles. The standard InChI is InChI=1S/C17H25N5O/c1-3-18-17(19-11-13-22-12-7-10-21-22)20-14-15-8-5-6-9-16(15)23-4-2/h5-10,12H,3-4,11,13-14H2,1-2H3,(H2,18,19,20). The maximum Gasteiger partial charge on any atom is 0.191 e. The van der Waals surface area contributed by atoms with Gasteiger partial charge in [-0.1, -0.05) is 18.2 Å². The number of guanidine groups is 1. The molecule has 6 nitrogen and oxygen atoms in total. The van der Waals surface area contributed by atoms with Crippen molar-refractivity contribution in [2.24, 2.45) is 4.99 Å². The first-order valence-electron chi connectivity index (χ1n) is 8.03. The van der Waals surface area contributed by atoms with Crippen LogP contribution in [0, 0.1) is 0 Å². The molecule has 0 saturated heterocycles. The second kappa shape index (κ2) is 9.50. The van der Waals surface area contributed by atoms with Crippen LogP contribution in [0.1, 0.15) is 19.4 Å². The summed E-state index contributed by atoms with van der Waals surface area (Å²) in [4.78, 5) is 4.63. The summed E-state index contributed by atoms with van der Waals surface area (Å²) in [5.74, 6) is 1.69. The molecule has 0 amide bonds. The number of aromatic nitrogens is 2. The second-order valence-electron chi connectivity index (χ2n) is 4.93. The van der Waals surface area contributed by atoms with Crippen LogP contribution < -0.4 is 15.4 Å². The zero-order chi connectivity index (χ0) is 16.3. The third-order valence-electron chi connectivity index (χ3n) is 3.22. The van der Waals surface area contributed by atoms with Gasteiger partial charge in [-0.05, 0) is 26.0 Å². The number of ether oxygens (including phenoxy) is 1. The topological polar surface area (TPSA) is 63.5 Å². The Labute approximate surface area is 137 Å². The van der Waals surface area contributed by atoms with E-state index in [0.717, 1.165) is 36.9 Å². The molecule has 0 aliphatic carbocycles. The number of rotatable bonds is 8. The third-order valence-corrected chi connectivity index (χ3v) is 3.22. The van der Waals surface area contributed by atoms with Gasteiger partial charge in [0, 0.05) is 31.0 Å². The predicted molar refractivity (Wildman–Crippen MR) is 92.7 cm³/mol. The van der Waals surface area contributed by atoms with E-state index in [4.69, 9.17) is 4.74 Å². The van der Waals surface area contributed by atoms with Gasteiger partial charge < -0.3 is 15.4 Å². The molecule has 0 aliphatic rings. The quantitative estimate of drug-likeness (QED) is 0.578. The van der Waals surface area contributed by atoms with Crippen molar-refractivity contribution in [1.29, 1.82) is 0 Å². The van der Waals surface area contributed by atoms with E-state index in [0.29, 0.717) is 13.2 Å². The smallest absolute Gasteiger partial charge is 0.191 e. The maximum absolute atomic E-state index is 5.64. The second-order valence-corrected chi connectivity index (χ2v) is 4.93. The summed E-state index contributed by atoms with van der Waals surface area (Å²) in [5.41, 5.74) is 1.08. The summed E-state index contributed by atoms with van der Waals surface area (Å²) in [6, 6.07) is 9.93. The summed E-state index contributed by atoms with van der Waals surface area (Å²) in [7, 11) is 0. The van der Waals surface area contributed by atoms with Gasteiger partial charge in [0.1, 0.15) is 5.75 Å². The van der Waals surface area contributed by atoms with Gasteiger partial charge in [0.15, 0.2) is 5.96 Å². The van der Waals surface area contributed by atoms with Crippen molar-refractivity contribution in [2.75, 3.05) is 19.7 Å². The Morgan fingerprint density at radius 3 is 2.83 bits per heavy atom. The van der Waals surface area contributed by atoms with Crippen LogP contribution in [0.25, 0.3) is 0 Å². The van der Waals surface area contributed by atoms with Crippen LogP contribution in [0.4, 0.5) is 0 Å². The molecule has 0 bridgehead atoms. The molecule has 0 saturated carbocycles. The third kappa shape index (κ3) is 5.65. The van der Waals surface area contributed by atoms with Gasteiger partial charge in [0.05, 0.1) is 19.7 Å². The van der Waals surface area contributed by atoms with Crippen LogP contribution >= 0.6 is 0 Å². The van der Waals surface area contributed by atoms with Crippen molar-refractivity contribution in [3.8, 4) is 5.75 Å². The van der Waals surface area contributed by atoms with Crippen LogP contribution in [0.3, 0.4) is 0 Å². The van der Waals surface area contributed by atoms with Crippen molar-refractivity contribution in [3.63, 3.8) is 0 Å². The number of aliphatic imine (C=N–C) groups is 1. The van der Waals surface area contributed by atoms with Crippen LogP contribution in [0.2, 0.25) is 0 Å². The molecule has 0 spiro atoms. The fraction of sp³-hybridized carbons (Fsp3) is 0.412. The van der Waals surface area contributed by atoms with Crippen LogP contribution in [-0.2, 0) is 13.1 Å². The first kappa shape index (κ1) is 16.9. The zero-order valence-electron chi connectivity index (χ0n) is 13.8. The molecule has 23 heavy (non-hydrogen) atoms. The largest absolute Gasteiger partial charge is 0.494 e. The lowest BCUT2D eigenvalue weighted by Gasteiger charge is -2.12. The molecule has 1 aromatic heterocycles. The number of nitrogens with one attached hydrogen (secondary N) is 2. The number of hydrogen-bond donors (Lipinski definition) is 2. The fourth-order valence-corrected chi connectivity index (χ4v) is 2.16. The van der Waals surface area contributed by atoms with Gasteiger partial charge in [-0.2, -0.15) is 5.10 Å². The highest BCUT2D eigenvalue weighted by molar-refractivity contribution is 5.79. The van der Waals surface area contributed by atoms with E-state index in [2.05, 4.69) is 27.6 Å². The molecule has 2 rings (SSSR count). The lowest BCUT2D eigenvalue weighted by atomic mass is 10.2. The molecule has 0 unspecified atom stereocenters. The average molecular weight is 315 g/mol. The van der Waals surface area contributed by atoms with Crippen LogP contribution in [0.5, 0.6) is 5.75 Å². The van der Waals surface area contributed by atoms with E-state index < -0.39 is 0 Å². The molecule has 2 N–H and O–H groups in total. The van der Waals surface area contributed by atoms with Gasteiger partial charge >= 0.3 is 0 Å². The minimum atomic E-state index is 0.577. The monoisotopic (exact) mass is 315 g/mol. The fourth-order valence-electron chi connectivity index (χ4n) is 2.16. The number of para-hydroxylation sites is 1. The molecule has 6 heteroatoms. The van der Waals surface area contributed by atoms with Gasteiger partial charge in [0.25, 0.3) is 0 Å². The van der Waals surface area contributed by atoms with E-state index in [9.17, 15) is 0 Å². The van der Waals surface area contributed by atoms with Crippen LogP contribution in [0.15, 0.2) is 47.7 Å². The van der Waals surface area contributed by atoms with Crippen molar-refractivity contribution in [1.82, 2.24) is 20.4 Å². The zero-order valence-corrected chi connectivity index (χ0v) is 13.8. The van der Waals surface area contributed by atoms with Crippen molar-refractivity contribution in [3.05, 3.63) is 48.3 Å². The van der Waals surface area contributed by atoms with Gasteiger partial charge in [-0.25, -0.2) is 4.99 Å². The van der Waals surface area contributed by atoms with E-state index in [1.165, 1.54) is 0 Å². The predicted octanol–water partition coefficient (Wildman–Crippen LogP) is 2.04. The van der Waals surface area contributed by atoms with Crippen molar-refractivity contribution >= 4 is 5.96 Å². The molecular weight excluding hydrogens is 290 g/mol. The average Bonchev–Trinajstić information content (AvgIpc) is 3.07. The van der Waals surface area contributed by atoms with Crippen LogP contribution in [-0.4, -0.2) is 35.4 Å². The SMILES string of the molecule is CCNC(=NCc1ccccc1OCC)NCCn1cccn1. The summed E-state index contributed by atoms with van der Waals surface area (Å²) in [6.45, 7) is 7.66. The van der Waals surface area contributed by atoms with Gasteiger partial charge in [-0.15, -0.1) is 0 Å². The molecule has 124 valence electrons. The summed E-state index contributed by atoms with van der Waals surface area (Å²) >= 11 is 0. The summed E-state index contributed by atoms with van der Waals surface area (Å²) < 4.78 is 7.53. The number of hydrogen-bond acceptors (Lipinski definition) is 3. The molecule has 0 radical (unpaired) electrons. The summed E-state index contributed by atoms with van der Waals surface area (Å²) in [6.07, 6.45) is 3.73. The first-order valence-corrected chi connectivity index (χ1v) is 8.03. The molecular formula is C17H25N5O. The maximum atomic E-state index is 5.64. The highest BCUT2D eigenvalue weighted by atomic mass is 16.5. The lowest BCUT2D eigenvalue weighted by Crippen LogP contribution is -2.38. The normalized spacial score (nSPS) is 11.3. The Morgan fingerprint density at radius 2 is 2.09 bits per heavy atom. The van der Waals surface area contributed by atoms with Crippen molar-refractivity contribution in [2.45, 2.75) is 26.9 Å². The van der Waals surface area contributed by atoms with E-state index in [-0.39, 0.29) is 0 Å². The highest BCUT2D eigenvalue weighted by Gasteiger charge is 2.03. The highest BCUT2D eigenvalue weighted by Crippen LogP contribution is 2.18. The van der Waals surface area contributed by atoms with Gasteiger partial charge in [-0.3, -0.25) is 4.68 Å². The van der Waals surface area contributed by atoms with E-state index in [1.54, 1.807) is 6.20 Å². The van der Waals surface area contributed by atoms with E-state index >= 15 is 0 Å².